The van der Waals surface area contributed by atoms with Crippen LogP contribution in [-0.4, -0.2) is 34.6 Å². The summed E-state index contributed by atoms with van der Waals surface area (Å²) in [5.74, 6) is 0.365. The summed E-state index contributed by atoms with van der Waals surface area (Å²) in [5, 5.41) is 8.62. The highest BCUT2D eigenvalue weighted by molar-refractivity contribution is 5.92. The first-order valence-corrected chi connectivity index (χ1v) is 9.24. The number of fused-ring (bicyclic) bond motifs is 1. The third-order valence-corrected chi connectivity index (χ3v) is 4.57. The monoisotopic (exact) mass is 366 g/mol. The van der Waals surface area contributed by atoms with Crippen LogP contribution in [0.15, 0.2) is 42.5 Å². The van der Waals surface area contributed by atoms with E-state index in [4.69, 9.17) is 10.5 Å². The van der Waals surface area contributed by atoms with E-state index in [0.29, 0.717) is 12.2 Å². The zero-order chi connectivity index (χ0) is 19.2. The molecule has 6 heteroatoms. The maximum atomic E-state index is 11.1. The summed E-state index contributed by atoms with van der Waals surface area (Å²) in [6.07, 6.45) is 2.37. The molecule has 3 N–H and O–H groups in total. The number of carbonyl (C=O) groups is 1. The van der Waals surface area contributed by atoms with Gasteiger partial charge in [0.05, 0.1) is 11.2 Å². The Balaban J connectivity index is 1.68. The van der Waals surface area contributed by atoms with Gasteiger partial charge < -0.3 is 15.4 Å². The van der Waals surface area contributed by atoms with Crippen LogP contribution in [0, 0.1) is 0 Å². The molecule has 0 aliphatic heterocycles. The van der Waals surface area contributed by atoms with Crippen molar-refractivity contribution in [3.8, 4) is 5.75 Å². The Morgan fingerprint density at radius 2 is 2.00 bits per heavy atom. The Kier molecular flexibility index (Phi) is 6.08. The molecular formula is C21H26N4O2. The van der Waals surface area contributed by atoms with Crippen molar-refractivity contribution in [3.05, 3.63) is 59.3 Å². The molecule has 0 fully saturated rings. The third kappa shape index (κ3) is 4.86. The molecule has 0 atom stereocenters. The number of nitrogens with zero attached hydrogens (tertiary/aromatic N) is 2. The highest BCUT2D eigenvalue weighted by Crippen LogP contribution is 2.24. The minimum atomic E-state index is -0.427. The lowest BCUT2D eigenvalue weighted by atomic mass is 10.1. The van der Waals surface area contributed by atoms with Gasteiger partial charge in [-0.1, -0.05) is 25.5 Å². The Labute approximate surface area is 159 Å². The summed E-state index contributed by atoms with van der Waals surface area (Å²) in [4.78, 5) is 13.4. The summed E-state index contributed by atoms with van der Waals surface area (Å²) < 4.78 is 5.92. The van der Waals surface area contributed by atoms with Gasteiger partial charge in [-0.2, -0.15) is 5.10 Å². The minimum Gasteiger partial charge on any atom is -0.489 e. The first-order valence-electron chi connectivity index (χ1n) is 9.24. The van der Waals surface area contributed by atoms with E-state index in [0.717, 1.165) is 41.0 Å². The number of benzene rings is 2. The summed E-state index contributed by atoms with van der Waals surface area (Å²) >= 11 is 0. The number of H-pyrrole nitrogens is 1. The van der Waals surface area contributed by atoms with Gasteiger partial charge in [0.2, 0.25) is 5.91 Å². The van der Waals surface area contributed by atoms with Gasteiger partial charge in [0.1, 0.15) is 12.4 Å². The number of hydrogen-bond acceptors (Lipinski definition) is 4. The topological polar surface area (TPSA) is 84.2 Å². The fourth-order valence-electron chi connectivity index (χ4n) is 2.96. The van der Waals surface area contributed by atoms with Crippen molar-refractivity contribution in [3.63, 3.8) is 0 Å². The molecule has 0 aliphatic carbocycles. The highest BCUT2D eigenvalue weighted by atomic mass is 16.5. The van der Waals surface area contributed by atoms with E-state index in [9.17, 15) is 4.79 Å². The second-order valence-electron chi connectivity index (χ2n) is 6.82. The molecule has 0 unspecified atom stereocenters. The number of hydrogen-bond donors (Lipinski definition) is 2. The maximum absolute atomic E-state index is 11.1. The molecule has 1 heterocycles. The Hall–Kier alpha value is -2.86. The molecule has 3 aromatic rings. The van der Waals surface area contributed by atoms with Crippen LogP contribution in [-0.2, 0) is 13.2 Å². The summed E-state index contributed by atoms with van der Waals surface area (Å²) in [5.41, 5.74) is 8.77. The van der Waals surface area contributed by atoms with Gasteiger partial charge in [-0.05, 0) is 55.9 Å². The van der Waals surface area contributed by atoms with E-state index in [1.807, 2.05) is 30.3 Å². The zero-order valence-corrected chi connectivity index (χ0v) is 15.9. The molecule has 0 radical (unpaired) electrons. The fraction of sp³-hybridized carbons (Fsp3) is 0.333. The third-order valence-electron chi connectivity index (χ3n) is 4.57. The van der Waals surface area contributed by atoms with Crippen molar-refractivity contribution in [2.45, 2.75) is 32.9 Å². The largest absolute Gasteiger partial charge is 0.489 e. The molecule has 2 aromatic carbocycles. The molecular weight excluding hydrogens is 340 g/mol. The van der Waals surface area contributed by atoms with Gasteiger partial charge >= 0.3 is 0 Å². The quantitative estimate of drug-likeness (QED) is 0.607. The van der Waals surface area contributed by atoms with Crippen LogP contribution in [0.5, 0.6) is 5.75 Å². The maximum Gasteiger partial charge on any atom is 0.248 e. The van der Waals surface area contributed by atoms with Crippen molar-refractivity contribution in [2.75, 3.05) is 13.6 Å². The first kappa shape index (κ1) is 18.9. The normalized spacial score (nSPS) is 11.2. The number of aromatic amines is 1. The lowest BCUT2D eigenvalue weighted by Gasteiger charge is -2.15. The lowest BCUT2D eigenvalue weighted by Crippen LogP contribution is -2.19. The van der Waals surface area contributed by atoms with Crippen molar-refractivity contribution in [1.29, 1.82) is 0 Å². The van der Waals surface area contributed by atoms with E-state index < -0.39 is 5.91 Å². The van der Waals surface area contributed by atoms with Gasteiger partial charge in [-0.3, -0.25) is 9.89 Å². The summed E-state index contributed by atoms with van der Waals surface area (Å²) in [6, 6.07) is 13.0. The Bertz CT molecular complexity index is 902. The van der Waals surface area contributed by atoms with E-state index in [1.165, 1.54) is 12.8 Å². The van der Waals surface area contributed by atoms with Crippen molar-refractivity contribution >= 4 is 16.8 Å². The van der Waals surface area contributed by atoms with Gasteiger partial charge in [0.15, 0.2) is 0 Å². The first-order chi connectivity index (χ1) is 13.1. The number of unbranched alkanes of at least 4 members (excludes halogenated alkanes) is 1. The molecule has 1 aromatic heterocycles. The van der Waals surface area contributed by atoms with Crippen LogP contribution < -0.4 is 10.5 Å². The molecule has 1 amide bonds. The van der Waals surface area contributed by atoms with Crippen molar-refractivity contribution in [2.24, 2.45) is 5.73 Å². The highest BCUT2D eigenvalue weighted by Gasteiger charge is 2.09. The van der Waals surface area contributed by atoms with Crippen molar-refractivity contribution in [1.82, 2.24) is 15.1 Å². The van der Waals surface area contributed by atoms with Crippen LogP contribution in [0.1, 0.15) is 41.4 Å². The van der Waals surface area contributed by atoms with Gasteiger partial charge in [-0.15, -0.1) is 0 Å². The number of primary amides is 1. The number of ether oxygens (including phenoxy) is 1. The number of rotatable bonds is 9. The van der Waals surface area contributed by atoms with E-state index in [2.05, 4.69) is 29.1 Å². The summed E-state index contributed by atoms with van der Waals surface area (Å²) in [6.45, 7) is 4.52. The molecule has 0 bridgehead atoms. The van der Waals surface area contributed by atoms with Crippen LogP contribution >= 0.6 is 0 Å². The van der Waals surface area contributed by atoms with E-state index in [-0.39, 0.29) is 0 Å². The number of carbonyl (C=O) groups excluding carboxylic acids is 1. The number of nitrogens with two attached hydrogens (primary N) is 1. The molecule has 27 heavy (non-hydrogen) atoms. The van der Waals surface area contributed by atoms with Crippen LogP contribution in [0.25, 0.3) is 10.9 Å². The Morgan fingerprint density at radius 1 is 1.22 bits per heavy atom. The average Bonchev–Trinajstić information content (AvgIpc) is 3.07. The SMILES string of the molecule is CCCCN(C)Cc1[nH]nc2ccc(OCc3ccc(C(N)=O)cc3)cc12. The molecule has 0 spiro atoms. The molecule has 142 valence electrons. The van der Waals surface area contributed by atoms with Crippen LogP contribution in [0.3, 0.4) is 0 Å². The van der Waals surface area contributed by atoms with Gasteiger partial charge in [0, 0.05) is 17.5 Å². The molecule has 0 aliphatic rings. The molecule has 0 saturated carbocycles. The molecule has 3 rings (SSSR count). The number of amides is 1. The number of aromatic nitrogens is 2. The standard InChI is InChI=1S/C21H26N4O2/c1-3-4-11-25(2)13-20-18-12-17(9-10-19(18)23-24-20)27-14-15-5-7-16(8-6-15)21(22)26/h5-10,12H,3-4,11,13-14H2,1-2H3,(H2,22,26)(H,23,24). The predicted molar refractivity (Wildman–Crippen MR) is 107 cm³/mol. The van der Waals surface area contributed by atoms with E-state index >= 15 is 0 Å². The predicted octanol–water partition coefficient (Wildman–Crippen LogP) is 3.47. The summed E-state index contributed by atoms with van der Waals surface area (Å²) in [7, 11) is 2.12. The molecule has 6 nitrogen and oxygen atoms in total. The van der Waals surface area contributed by atoms with Crippen LogP contribution in [0.4, 0.5) is 0 Å². The second kappa shape index (κ2) is 8.68. The van der Waals surface area contributed by atoms with E-state index in [1.54, 1.807) is 12.1 Å². The number of nitrogens with one attached hydrogen (secondary N) is 1. The Morgan fingerprint density at radius 3 is 2.70 bits per heavy atom. The zero-order valence-electron chi connectivity index (χ0n) is 15.9. The fourth-order valence-corrected chi connectivity index (χ4v) is 2.96. The average molecular weight is 366 g/mol. The minimum absolute atomic E-state index is 0.425. The van der Waals surface area contributed by atoms with Gasteiger partial charge in [-0.25, -0.2) is 0 Å². The lowest BCUT2D eigenvalue weighted by molar-refractivity contribution is 0.1000. The van der Waals surface area contributed by atoms with Crippen LogP contribution in [0.2, 0.25) is 0 Å². The smallest absolute Gasteiger partial charge is 0.248 e. The second-order valence-corrected chi connectivity index (χ2v) is 6.82. The van der Waals surface area contributed by atoms with Gasteiger partial charge in [0.25, 0.3) is 0 Å². The molecule has 0 saturated heterocycles. The van der Waals surface area contributed by atoms with Crippen molar-refractivity contribution < 1.29 is 9.53 Å².